The van der Waals surface area contributed by atoms with E-state index in [1.165, 1.54) is 5.56 Å². The Bertz CT molecular complexity index is 1050. The zero-order valence-corrected chi connectivity index (χ0v) is 16.4. The molecule has 3 aromatic rings. The van der Waals surface area contributed by atoms with Crippen molar-refractivity contribution in [2.24, 2.45) is 0 Å². The molecule has 0 bridgehead atoms. The number of hydrogen-bond acceptors (Lipinski definition) is 4. The van der Waals surface area contributed by atoms with E-state index >= 15 is 0 Å². The first-order chi connectivity index (χ1) is 13.6. The maximum Gasteiger partial charge on any atom is 0.231 e. The Hall–Kier alpha value is -3.06. The number of fused-ring (bicyclic) bond motifs is 1. The van der Waals surface area contributed by atoms with E-state index < -0.39 is 0 Å². The van der Waals surface area contributed by atoms with Crippen molar-refractivity contribution in [1.29, 1.82) is 0 Å². The molecule has 2 aliphatic rings. The SMILES string of the molecule is Cc1cc([C@H]2[C@H](c3ccccn3)NC(=S)N2c2ccc3c(c2)OCO3)c(C)[nH]1. The maximum absolute atomic E-state index is 5.76. The van der Waals surface area contributed by atoms with Gasteiger partial charge in [-0.1, -0.05) is 6.07 Å². The number of anilines is 1. The molecular formula is C21H20N4O2S. The Morgan fingerprint density at radius 3 is 2.71 bits per heavy atom. The summed E-state index contributed by atoms with van der Waals surface area (Å²) in [5, 5.41) is 4.15. The van der Waals surface area contributed by atoms with Gasteiger partial charge in [0, 0.05) is 29.3 Å². The Labute approximate surface area is 168 Å². The molecule has 1 aromatic carbocycles. The highest BCUT2D eigenvalue weighted by Crippen LogP contribution is 2.45. The van der Waals surface area contributed by atoms with Crippen LogP contribution in [0.4, 0.5) is 5.69 Å². The van der Waals surface area contributed by atoms with E-state index in [0.717, 1.165) is 34.3 Å². The minimum atomic E-state index is -0.0620. The van der Waals surface area contributed by atoms with Gasteiger partial charge in [0.2, 0.25) is 6.79 Å². The second kappa shape index (κ2) is 6.53. The minimum absolute atomic E-state index is 0.0345. The number of H-pyrrole nitrogens is 1. The standard InChI is InChI=1S/C21H20N4O2S/c1-12-9-15(13(2)23-12)20-19(16-5-3-4-8-22-16)24-21(28)25(20)14-6-7-17-18(10-14)27-11-26-17/h3-10,19-20,23H,11H2,1-2H3,(H,24,28)/t19-,20-/m0/s1. The third kappa shape index (κ3) is 2.70. The van der Waals surface area contributed by atoms with E-state index in [-0.39, 0.29) is 18.9 Å². The lowest BCUT2D eigenvalue weighted by Gasteiger charge is -2.28. The number of aromatic amines is 1. The largest absolute Gasteiger partial charge is 0.454 e. The van der Waals surface area contributed by atoms with Crippen LogP contribution in [0.25, 0.3) is 0 Å². The van der Waals surface area contributed by atoms with Crippen LogP contribution < -0.4 is 19.7 Å². The number of thiocarbonyl (C=S) groups is 1. The van der Waals surface area contributed by atoms with Crippen molar-refractivity contribution in [2.75, 3.05) is 11.7 Å². The van der Waals surface area contributed by atoms with Crippen molar-refractivity contribution in [3.05, 3.63) is 71.3 Å². The van der Waals surface area contributed by atoms with E-state index in [4.69, 9.17) is 21.7 Å². The highest BCUT2D eigenvalue weighted by molar-refractivity contribution is 7.80. The molecular weight excluding hydrogens is 372 g/mol. The van der Waals surface area contributed by atoms with Crippen molar-refractivity contribution in [2.45, 2.75) is 25.9 Å². The van der Waals surface area contributed by atoms with Crippen LogP contribution in [0.2, 0.25) is 0 Å². The summed E-state index contributed by atoms with van der Waals surface area (Å²) in [6, 6.07) is 14.0. The summed E-state index contributed by atoms with van der Waals surface area (Å²) in [5.74, 6) is 1.50. The normalized spacial score (nSPS) is 20.5. The van der Waals surface area contributed by atoms with Crippen molar-refractivity contribution in [3.63, 3.8) is 0 Å². The Balaban J connectivity index is 1.64. The molecule has 1 fully saturated rings. The first kappa shape index (κ1) is 17.1. The van der Waals surface area contributed by atoms with Gasteiger partial charge < -0.3 is 24.7 Å². The smallest absolute Gasteiger partial charge is 0.231 e. The fourth-order valence-electron chi connectivity index (χ4n) is 4.04. The van der Waals surface area contributed by atoms with Crippen LogP contribution in [0.5, 0.6) is 11.5 Å². The number of benzene rings is 1. The summed E-state index contributed by atoms with van der Waals surface area (Å²) in [5.41, 5.74) is 5.36. The van der Waals surface area contributed by atoms with Gasteiger partial charge in [-0.2, -0.15) is 0 Å². The number of aryl methyl sites for hydroxylation is 2. The van der Waals surface area contributed by atoms with E-state index in [0.29, 0.717) is 5.11 Å². The maximum atomic E-state index is 5.76. The van der Waals surface area contributed by atoms with Crippen molar-refractivity contribution < 1.29 is 9.47 Å². The summed E-state index contributed by atoms with van der Waals surface area (Å²) >= 11 is 5.76. The number of pyridine rings is 1. The molecule has 2 N–H and O–H groups in total. The average Bonchev–Trinajstić information content (AvgIpc) is 3.38. The highest BCUT2D eigenvalue weighted by atomic mass is 32.1. The predicted octanol–water partition coefficient (Wildman–Crippen LogP) is 3.93. The van der Waals surface area contributed by atoms with Gasteiger partial charge in [-0.3, -0.25) is 4.98 Å². The number of nitrogens with one attached hydrogen (secondary N) is 2. The second-order valence-electron chi connectivity index (χ2n) is 7.07. The fraction of sp³-hybridized carbons (Fsp3) is 0.238. The van der Waals surface area contributed by atoms with Crippen LogP contribution in [0.3, 0.4) is 0 Å². The fourth-order valence-corrected chi connectivity index (χ4v) is 4.38. The molecule has 2 atom stereocenters. The topological polar surface area (TPSA) is 62.4 Å². The van der Waals surface area contributed by atoms with Gasteiger partial charge in [0.15, 0.2) is 16.6 Å². The summed E-state index contributed by atoms with van der Waals surface area (Å²) in [6.07, 6.45) is 1.82. The quantitative estimate of drug-likeness (QED) is 0.659. The molecule has 28 heavy (non-hydrogen) atoms. The minimum Gasteiger partial charge on any atom is -0.454 e. The molecule has 0 radical (unpaired) electrons. The molecule has 0 aliphatic carbocycles. The van der Waals surface area contributed by atoms with Gasteiger partial charge in [-0.05, 0) is 62.0 Å². The molecule has 1 saturated heterocycles. The van der Waals surface area contributed by atoms with Gasteiger partial charge in [-0.25, -0.2) is 0 Å². The number of hydrogen-bond donors (Lipinski definition) is 2. The van der Waals surface area contributed by atoms with Gasteiger partial charge in [0.05, 0.1) is 17.8 Å². The molecule has 7 heteroatoms. The van der Waals surface area contributed by atoms with Crippen LogP contribution >= 0.6 is 12.2 Å². The molecule has 5 rings (SSSR count). The van der Waals surface area contributed by atoms with Crippen molar-refractivity contribution in [1.82, 2.24) is 15.3 Å². The van der Waals surface area contributed by atoms with Crippen LogP contribution in [0.15, 0.2) is 48.7 Å². The molecule has 0 unspecified atom stereocenters. The molecule has 0 spiro atoms. The lowest BCUT2D eigenvalue weighted by molar-refractivity contribution is 0.174. The zero-order valence-electron chi connectivity index (χ0n) is 15.6. The van der Waals surface area contributed by atoms with Crippen LogP contribution in [-0.2, 0) is 0 Å². The zero-order chi connectivity index (χ0) is 19.3. The van der Waals surface area contributed by atoms with Gasteiger partial charge >= 0.3 is 0 Å². The van der Waals surface area contributed by atoms with E-state index in [2.05, 4.69) is 40.1 Å². The van der Waals surface area contributed by atoms with Crippen LogP contribution in [0.1, 0.15) is 34.7 Å². The number of ether oxygens (including phenoxy) is 2. The average molecular weight is 392 g/mol. The van der Waals surface area contributed by atoms with Gasteiger partial charge in [-0.15, -0.1) is 0 Å². The Morgan fingerprint density at radius 2 is 1.96 bits per heavy atom. The molecule has 0 amide bonds. The van der Waals surface area contributed by atoms with Gasteiger partial charge in [0.25, 0.3) is 0 Å². The molecule has 2 aromatic heterocycles. The third-order valence-electron chi connectivity index (χ3n) is 5.24. The van der Waals surface area contributed by atoms with E-state index in [1.807, 2.05) is 42.6 Å². The molecule has 0 saturated carbocycles. The third-order valence-corrected chi connectivity index (χ3v) is 5.56. The second-order valence-corrected chi connectivity index (χ2v) is 7.45. The lowest BCUT2D eigenvalue weighted by atomic mass is 9.96. The number of rotatable bonds is 3. The van der Waals surface area contributed by atoms with Crippen molar-refractivity contribution >= 4 is 23.0 Å². The van der Waals surface area contributed by atoms with Gasteiger partial charge in [0.1, 0.15) is 0 Å². The summed E-state index contributed by atoms with van der Waals surface area (Å²) in [6.45, 7) is 4.41. The molecule has 2 aliphatic heterocycles. The summed E-state index contributed by atoms with van der Waals surface area (Å²) in [4.78, 5) is 10.2. The highest BCUT2D eigenvalue weighted by Gasteiger charge is 2.42. The van der Waals surface area contributed by atoms with Crippen LogP contribution in [0, 0.1) is 13.8 Å². The van der Waals surface area contributed by atoms with Crippen molar-refractivity contribution in [3.8, 4) is 11.5 Å². The first-order valence-corrected chi connectivity index (χ1v) is 9.59. The predicted molar refractivity (Wildman–Crippen MR) is 111 cm³/mol. The summed E-state index contributed by atoms with van der Waals surface area (Å²) < 4.78 is 11.0. The Morgan fingerprint density at radius 1 is 1.11 bits per heavy atom. The lowest BCUT2D eigenvalue weighted by Crippen LogP contribution is -2.29. The number of nitrogens with zero attached hydrogens (tertiary/aromatic N) is 2. The van der Waals surface area contributed by atoms with E-state index in [1.54, 1.807) is 0 Å². The van der Waals surface area contributed by atoms with E-state index in [9.17, 15) is 0 Å². The van der Waals surface area contributed by atoms with Crippen LogP contribution in [-0.4, -0.2) is 21.9 Å². The first-order valence-electron chi connectivity index (χ1n) is 9.18. The Kier molecular flexibility index (Phi) is 3.98. The molecule has 142 valence electrons. The monoisotopic (exact) mass is 392 g/mol. The molecule has 6 nitrogen and oxygen atoms in total. The molecule has 4 heterocycles. The summed E-state index contributed by atoms with van der Waals surface area (Å²) in [7, 11) is 0. The number of aromatic nitrogens is 2.